The maximum absolute atomic E-state index is 14.4. The van der Waals surface area contributed by atoms with E-state index in [0.717, 1.165) is 24.1 Å². The molecule has 15 heteroatoms. The molecule has 2 atom stereocenters. The lowest BCUT2D eigenvalue weighted by atomic mass is 10.1. The molecule has 0 spiro atoms. The molecule has 0 saturated carbocycles. The van der Waals surface area contributed by atoms with Crippen LogP contribution in [0.25, 0.3) is 22.4 Å². The number of hydrogen-bond donors (Lipinski definition) is 2. The van der Waals surface area contributed by atoms with Crippen LogP contribution in [0.5, 0.6) is 0 Å². The molecule has 12 nitrogen and oxygen atoms in total. The number of fused-ring (bicyclic) bond motifs is 1. The van der Waals surface area contributed by atoms with Gasteiger partial charge < -0.3 is 19.9 Å². The molecule has 1 aliphatic heterocycles. The lowest BCUT2D eigenvalue weighted by Crippen LogP contribution is -2.20. The van der Waals surface area contributed by atoms with Crippen LogP contribution in [0, 0.1) is 20.8 Å². The van der Waals surface area contributed by atoms with Gasteiger partial charge in [-0.25, -0.2) is 23.7 Å². The molecular weight excluding hydrogens is 592 g/mol. The molecule has 5 heterocycles. The topological polar surface area (TPSA) is 148 Å². The van der Waals surface area contributed by atoms with Crippen molar-refractivity contribution in [2.45, 2.75) is 57.6 Å². The van der Waals surface area contributed by atoms with Gasteiger partial charge >= 0.3 is 0 Å². The number of anilines is 4. The summed E-state index contributed by atoms with van der Waals surface area (Å²) in [5.41, 5.74) is 4.39. The lowest BCUT2D eigenvalue weighted by molar-refractivity contribution is -0.0363. The van der Waals surface area contributed by atoms with E-state index in [2.05, 4.69) is 35.7 Å². The number of hydrogen-bond acceptors (Lipinski definition) is 10. The fraction of sp³-hybridized carbons (Fsp3) is 0.345. The highest BCUT2D eigenvalue weighted by atomic mass is 32.2. The summed E-state index contributed by atoms with van der Waals surface area (Å²) in [6.45, 7) is 5.97. The van der Waals surface area contributed by atoms with Crippen LogP contribution in [0.2, 0.25) is 0 Å². The Morgan fingerprint density at radius 3 is 2.52 bits per heavy atom. The summed E-state index contributed by atoms with van der Waals surface area (Å²) in [6, 6.07) is 6.44. The molecule has 230 valence electrons. The number of rotatable bonds is 8. The third kappa shape index (κ3) is 5.77. The van der Waals surface area contributed by atoms with Crippen molar-refractivity contribution in [1.82, 2.24) is 34.3 Å². The molecule has 0 bridgehead atoms. The Kier molecular flexibility index (Phi) is 8.09. The van der Waals surface area contributed by atoms with Crippen molar-refractivity contribution in [3.05, 3.63) is 59.4 Å². The molecule has 0 aliphatic carbocycles. The van der Waals surface area contributed by atoms with Gasteiger partial charge in [0.2, 0.25) is 0 Å². The Balaban J connectivity index is 1.50. The van der Waals surface area contributed by atoms with E-state index in [1.54, 1.807) is 36.1 Å². The maximum Gasteiger partial charge on any atom is 0.295 e. The average Bonchev–Trinajstić information content (AvgIpc) is 3.55. The Morgan fingerprint density at radius 2 is 1.86 bits per heavy atom. The molecule has 1 aliphatic rings. The number of halogens is 2. The first kappa shape index (κ1) is 29.7. The van der Waals surface area contributed by atoms with Crippen LogP contribution >= 0.6 is 0 Å². The molecule has 2 N–H and O–H groups in total. The number of nitrogens with one attached hydrogen (secondary N) is 2. The van der Waals surface area contributed by atoms with Crippen LogP contribution in [0.3, 0.4) is 0 Å². The zero-order valence-electron chi connectivity index (χ0n) is 24.5. The molecule has 44 heavy (non-hydrogen) atoms. The number of nitrogens with zero attached hydrogens (tertiary/aromatic N) is 7. The fourth-order valence-corrected chi connectivity index (χ4v) is 5.81. The molecule has 0 amide bonds. The predicted molar refractivity (Wildman–Crippen MR) is 160 cm³/mol. The van der Waals surface area contributed by atoms with Gasteiger partial charge in [0.05, 0.1) is 34.7 Å². The summed E-state index contributed by atoms with van der Waals surface area (Å²) in [6.07, 6.45) is 1.94. The number of aromatic nitrogens is 7. The summed E-state index contributed by atoms with van der Waals surface area (Å²) in [7, 11) is 1.79. The second-order valence-corrected chi connectivity index (χ2v) is 11.6. The van der Waals surface area contributed by atoms with Gasteiger partial charge in [0.1, 0.15) is 23.4 Å². The summed E-state index contributed by atoms with van der Waals surface area (Å²) in [5.74, 6) is 0.177. The monoisotopic (exact) mass is 622 g/mol. The van der Waals surface area contributed by atoms with Crippen molar-refractivity contribution in [3.63, 3.8) is 0 Å². The number of imidazole rings is 1. The lowest BCUT2D eigenvalue weighted by Gasteiger charge is -2.25. The van der Waals surface area contributed by atoms with Gasteiger partial charge in [-0.1, -0.05) is 6.07 Å². The van der Waals surface area contributed by atoms with E-state index in [0.29, 0.717) is 35.8 Å². The zero-order valence-corrected chi connectivity index (χ0v) is 25.3. The van der Waals surface area contributed by atoms with Gasteiger partial charge in [0.25, 0.3) is 6.43 Å². The summed E-state index contributed by atoms with van der Waals surface area (Å²) in [5, 5.41) is 10.7. The minimum absolute atomic E-state index is 0.0313. The Labute approximate surface area is 254 Å². The van der Waals surface area contributed by atoms with E-state index in [9.17, 15) is 17.5 Å². The van der Waals surface area contributed by atoms with Crippen LogP contribution in [-0.2, 0) is 22.9 Å². The first-order chi connectivity index (χ1) is 21.1. The fourth-order valence-electron chi connectivity index (χ4n) is 5.29. The quantitative estimate of drug-likeness (QED) is 0.200. The van der Waals surface area contributed by atoms with Gasteiger partial charge in [-0.2, -0.15) is 5.10 Å². The van der Waals surface area contributed by atoms with Gasteiger partial charge in [0, 0.05) is 36.4 Å². The van der Waals surface area contributed by atoms with Gasteiger partial charge in [0.15, 0.2) is 11.5 Å². The maximum atomic E-state index is 14.4. The van der Waals surface area contributed by atoms with E-state index in [-0.39, 0.29) is 33.3 Å². The zero-order chi connectivity index (χ0) is 31.1. The molecule has 5 aromatic rings. The summed E-state index contributed by atoms with van der Waals surface area (Å²) in [4.78, 5) is 17.8. The van der Waals surface area contributed by atoms with Crippen molar-refractivity contribution in [2.24, 2.45) is 7.05 Å². The molecule has 6 rings (SSSR count). The standard InChI is InChI=1S/C29H31F2N9O3S/c1-15-14-39(4)38-25(15)18-8-9-19(21(11-18)44(41)42)34-20-12-22(35-23-13-32-16(2)17(3)33-23)36-28-26(20)37-29(27(30)31)40(28)24-7-5-6-10-43-24/h8-9,11-14,24,27H,5-7,10H2,1-4H3,(H,41,42)(H2,33,34,35,36)/p-1. The van der Waals surface area contributed by atoms with Crippen LogP contribution in [0.1, 0.15) is 54.7 Å². The van der Waals surface area contributed by atoms with E-state index in [1.807, 2.05) is 27.0 Å². The van der Waals surface area contributed by atoms with E-state index in [4.69, 9.17) is 4.74 Å². The Morgan fingerprint density at radius 1 is 1.05 bits per heavy atom. The smallest absolute Gasteiger partial charge is 0.295 e. The first-order valence-corrected chi connectivity index (χ1v) is 15.1. The molecular formula is C29H30F2N9O3S-. The van der Waals surface area contributed by atoms with E-state index < -0.39 is 29.6 Å². The average molecular weight is 623 g/mol. The van der Waals surface area contributed by atoms with Crippen LogP contribution < -0.4 is 10.6 Å². The summed E-state index contributed by atoms with van der Waals surface area (Å²) < 4.78 is 62.5. The largest absolute Gasteiger partial charge is 0.768 e. The number of ether oxygens (including phenoxy) is 1. The van der Waals surface area contributed by atoms with Crippen LogP contribution in [0.4, 0.5) is 31.8 Å². The van der Waals surface area contributed by atoms with Crippen molar-refractivity contribution in [1.29, 1.82) is 0 Å². The molecule has 2 unspecified atom stereocenters. The first-order valence-electron chi connectivity index (χ1n) is 14.0. The minimum Gasteiger partial charge on any atom is -0.768 e. The second kappa shape index (κ2) is 12.0. The summed E-state index contributed by atoms with van der Waals surface area (Å²) >= 11 is -2.65. The highest BCUT2D eigenvalue weighted by molar-refractivity contribution is 7.79. The van der Waals surface area contributed by atoms with E-state index >= 15 is 0 Å². The molecule has 1 aromatic carbocycles. The normalized spacial score (nSPS) is 16.0. The molecule has 0 radical (unpaired) electrons. The van der Waals surface area contributed by atoms with Gasteiger partial charge in [-0.05, 0) is 68.8 Å². The van der Waals surface area contributed by atoms with Crippen LogP contribution in [0.15, 0.2) is 41.6 Å². The minimum atomic E-state index is -2.91. The van der Waals surface area contributed by atoms with Crippen molar-refractivity contribution in [2.75, 3.05) is 17.2 Å². The molecule has 1 saturated heterocycles. The second-order valence-electron chi connectivity index (χ2n) is 10.6. The number of pyridine rings is 1. The van der Waals surface area contributed by atoms with Crippen molar-refractivity contribution < 1.29 is 22.3 Å². The molecule has 1 fully saturated rings. The number of benzene rings is 1. The third-order valence-corrected chi connectivity index (χ3v) is 8.18. The van der Waals surface area contributed by atoms with Crippen molar-refractivity contribution >= 4 is 45.3 Å². The molecule has 4 aromatic heterocycles. The van der Waals surface area contributed by atoms with Crippen LogP contribution in [-0.4, -0.2) is 49.7 Å². The van der Waals surface area contributed by atoms with Gasteiger partial charge in [-0.3, -0.25) is 18.4 Å². The van der Waals surface area contributed by atoms with Gasteiger partial charge in [-0.15, -0.1) is 0 Å². The predicted octanol–water partition coefficient (Wildman–Crippen LogP) is 5.91. The number of alkyl halides is 2. The Bertz CT molecular complexity index is 1890. The van der Waals surface area contributed by atoms with E-state index in [1.165, 1.54) is 10.6 Å². The highest BCUT2D eigenvalue weighted by Crippen LogP contribution is 2.38. The number of aryl methyl sites for hydroxylation is 4. The SMILES string of the molecule is Cc1cn(C)nc1-c1ccc(Nc2cc(Nc3cnc(C)c(C)n3)nc3c2nc(C(F)F)n3C2CCCCO2)c(S(=O)[O-])c1. The van der Waals surface area contributed by atoms with Crippen molar-refractivity contribution in [3.8, 4) is 11.3 Å². The Hall–Kier alpha value is -4.34. The highest BCUT2D eigenvalue weighted by Gasteiger charge is 2.29. The third-order valence-electron chi connectivity index (χ3n) is 7.48.